The van der Waals surface area contributed by atoms with Gasteiger partial charge >= 0.3 is 0 Å². The molecule has 1 heterocycles. The lowest BCUT2D eigenvalue weighted by atomic mass is 10.1. The number of rotatable bonds is 28. The average molecular weight is 724 g/mol. The Balaban J connectivity index is 1.26. The highest BCUT2D eigenvalue weighted by atomic mass is 32.1. The molecule has 1 aromatic heterocycles. The van der Waals surface area contributed by atoms with Crippen LogP contribution in [0.5, 0.6) is 11.5 Å². The molecule has 284 valence electrons. The zero-order valence-electron chi connectivity index (χ0n) is 33.2. The summed E-state index contributed by atoms with van der Waals surface area (Å²) in [5, 5.41) is 0.788. The van der Waals surface area contributed by atoms with Gasteiger partial charge in [-0.25, -0.2) is 4.98 Å². The molecule has 0 saturated heterocycles. The summed E-state index contributed by atoms with van der Waals surface area (Å²) < 4.78 is 12.0. The Kier molecular flexibility index (Phi) is 24.3. The summed E-state index contributed by atoms with van der Waals surface area (Å²) in [4.78, 5) is 5.61. The Morgan fingerprint density at radius 3 is 1.17 bits per heavy atom. The lowest BCUT2D eigenvalue weighted by Crippen LogP contribution is -1.97. The number of aromatic nitrogens is 1. The number of hydrogen-bond donors (Lipinski definition) is 0. The minimum absolute atomic E-state index is 0.780. The molecule has 0 aliphatic heterocycles. The predicted octanol–water partition coefficient (Wildman–Crippen LogP) is 14.4. The van der Waals surface area contributed by atoms with Crippen molar-refractivity contribution in [1.29, 1.82) is 0 Å². The van der Waals surface area contributed by atoms with E-state index in [1.54, 1.807) is 11.3 Å². The van der Waals surface area contributed by atoms with Crippen molar-refractivity contribution < 1.29 is 9.47 Å². The molecule has 52 heavy (non-hydrogen) atoms. The van der Waals surface area contributed by atoms with Crippen molar-refractivity contribution >= 4 is 11.3 Å². The third-order valence-corrected chi connectivity index (χ3v) is 10.7. The summed E-state index contributed by atoms with van der Waals surface area (Å²) >= 11 is 1.55. The van der Waals surface area contributed by atoms with E-state index in [0.29, 0.717) is 0 Å². The molecule has 0 saturated carbocycles. The van der Waals surface area contributed by atoms with Gasteiger partial charge in [-0.05, 0) is 80.1 Å². The van der Waals surface area contributed by atoms with Crippen LogP contribution in [0.15, 0.2) is 48.5 Å². The summed E-state index contributed by atoms with van der Waals surface area (Å²) in [6.45, 7) is 8.13. The molecule has 3 aromatic rings. The molecular formula is C48H69NO2S. The Hall–Kier alpha value is -3.21. The number of aryl methyl sites for hydroxylation is 1. The van der Waals surface area contributed by atoms with E-state index in [1.165, 1.54) is 141 Å². The van der Waals surface area contributed by atoms with E-state index in [0.717, 1.165) is 64.3 Å². The van der Waals surface area contributed by atoms with E-state index in [1.807, 2.05) is 55.5 Å². The first-order valence-electron chi connectivity index (χ1n) is 21.1. The third-order valence-electron chi connectivity index (χ3n) is 9.67. The van der Waals surface area contributed by atoms with Crippen molar-refractivity contribution in [1.82, 2.24) is 4.98 Å². The van der Waals surface area contributed by atoms with Gasteiger partial charge in [-0.3, -0.25) is 0 Å². The van der Waals surface area contributed by atoms with Crippen LogP contribution in [0.2, 0.25) is 0 Å². The van der Waals surface area contributed by atoms with Crippen molar-refractivity contribution in [2.75, 3.05) is 13.2 Å². The van der Waals surface area contributed by atoms with Gasteiger partial charge in [0.25, 0.3) is 0 Å². The first kappa shape index (κ1) is 43.2. The van der Waals surface area contributed by atoms with E-state index in [-0.39, 0.29) is 0 Å². The molecule has 0 spiro atoms. The Morgan fingerprint density at radius 2 is 0.788 bits per heavy atom. The number of nitrogens with zero attached hydrogens (tertiary/aromatic N) is 1. The molecule has 4 heteroatoms. The maximum absolute atomic E-state index is 5.98. The molecule has 0 aliphatic carbocycles. The van der Waals surface area contributed by atoms with Crippen LogP contribution in [-0.2, 0) is 0 Å². The molecule has 0 fully saturated rings. The largest absolute Gasteiger partial charge is 0.494 e. The van der Waals surface area contributed by atoms with Crippen LogP contribution >= 0.6 is 11.3 Å². The molecule has 3 nitrogen and oxygen atoms in total. The maximum Gasteiger partial charge on any atom is 0.168 e. The van der Waals surface area contributed by atoms with Gasteiger partial charge in [-0.1, -0.05) is 178 Å². The number of thiazole rings is 1. The van der Waals surface area contributed by atoms with Crippen LogP contribution in [0.3, 0.4) is 0 Å². The van der Waals surface area contributed by atoms with Gasteiger partial charge in [0.05, 0.1) is 18.9 Å². The fourth-order valence-electron chi connectivity index (χ4n) is 6.36. The van der Waals surface area contributed by atoms with Crippen LogP contribution in [0.25, 0.3) is 0 Å². The van der Waals surface area contributed by atoms with Gasteiger partial charge < -0.3 is 9.47 Å². The Labute approximate surface area is 323 Å². The van der Waals surface area contributed by atoms with Gasteiger partial charge in [-0.2, -0.15) is 0 Å². The fourth-order valence-corrected chi connectivity index (χ4v) is 7.13. The van der Waals surface area contributed by atoms with Crippen LogP contribution in [-0.4, -0.2) is 18.2 Å². The van der Waals surface area contributed by atoms with Crippen LogP contribution in [0, 0.1) is 30.6 Å². The van der Waals surface area contributed by atoms with Crippen molar-refractivity contribution in [3.05, 3.63) is 75.2 Å². The normalized spacial score (nSPS) is 10.8. The number of ether oxygens (including phenoxy) is 2. The topological polar surface area (TPSA) is 31.4 Å². The molecule has 0 unspecified atom stereocenters. The van der Waals surface area contributed by atoms with Gasteiger partial charge in [0.1, 0.15) is 16.4 Å². The molecule has 0 atom stereocenters. The summed E-state index contributed by atoms with van der Waals surface area (Å²) in [6.07, 6.45) is 32.5. The van der Waals surface area contributed by atoms with E-state index >= 15 is 0 Å². The second kappa shape index (κ2) is 29.3. The highest BCUT2D eigenvalue weighted by Gasteiger charge is 2.04. The van der Waals surface area contributed by atoms with Crippen molar-refractivity contribution in [2.45, 2.75) is 175 Å². The molecular weight excluding hydrogens is 655 g/mol. The first-order chi connectivity index (χ1) is 25.7. The predicted molar refractivity (Wildman–Crippen MR) is 225 cm³/mol. The highest BCUT2D eigenvalue weighted by Crippen LogP contribution is 2.19. The average Bonchev–Trinajstić information content (AvgIpc) is 3.53. The highest BCUT2D eigenvalue weighted by molar-refractivity contribution is 7.12. The molecule has 2 aromatic carbocycles. The minimum Gasteiger partial charge on any atom is -0.494 e. The minimum atomic E-state index is 0.780. The second-order valence-electron chi connectivity index (χ2n) is 14.5. The van der Waals surface area contributed by atoms with Crippen molar-refractivity contribution in [3.8, 4) is 35.2 Å². The monoisotopic (exact) mass is 724 g/mol. The second-order valence-corrected chi connectivity index (χ2v) is 15.5. The van der Waals surface area contributed by atoms with Crippen molar-refractivity contribution in [2.24, 2.45) is 0 Å². The standard InChI is InChI=1S/C48H69NO2S/c1-4-6-8-10-12-14-16-18-20-22-24-26-40-50-45-34-28-43(29-35-45)32-38-47-42(3)49-48(52-47)39-33-44-30-36-46(37-31-44)51-41-27-25-23-21-19-17-15-13-11-9-7-5-2/h28-31,34-37H,4-27,40-41H2,1-3H3. The first-order valence-corrected chi connectivity index (χ1v) is 22.0. The van der Waals surface area contributed by atoms with Crippen LogP contribution < -0.4 is 9.47 Å². The van der Waals surface area contributed by atoms with Crippen LogP contribution in [0.4, 0.5) is 0 Å². The van der Waals surface area contributed by atoms with Crippen LogP contribution in [0.1, 0.15) is 195 Å². The van der Waals surface area contributed by atoms with E-state index < -0.39 is 0 Å². The Bertz CT molecular complexity index is 1430. The quantitative estimate of drug-likeness (QED) is 0.0552. The zero-order chi connectivity index (χ0) is 36.7. The molecule has 0 amide bonds. The Morgan fingerprint density at radius 1 is 0.442 bits per heavy atom. The van der Waals surface area contributed by atoms with Crippen molar-refractivity contribution in [3.63, 3.8) is 0 Å². The third kappa shape index (κ3) is 20.7. The molecule has 3 rings (SSSR count). The molecule has 0 bridgehead atoms. The molecule has 0 aliphatic rings. The van der Waals surface area contributed by atoms with Gasteiger partial charge in [0, 0.05) is 11.1 Å². The summed E-state index contributed by atoms with van der Waals surface area (Å²) in [6, 6.07) is 16.2. The summed E-state index contributed by atoms with van der Waals surface area (Å²) in [5.41, 5.74) is 2.85. The van der Waals surface area contributed by atoms with Gasteiger partial charge in [-0.15, -0.1) is 0 Å². The van der Waals surface area contributed by atoms with Gasteiger partial charge in [0.2, 0.25) is 0 Å². The number of unbranched alkanes of at least 4 members (excludes halogenated alkanes) is 22. The zero-order valence-corrected chi connectivity index (χ0v) is 34.0. The summed E-state index contributed by atoms with van der Waals surface area (Å²) in [5.74, 6) is 14.9. The molecule has 0 radical (unpaired) electrons. The lowest BCUT2D eigenvalue weighted by molar-refractivity contribution is 0.304. The fraction of sp³-hybridized carbons (Fsp3) is 0.604. The molecule has 0 N–H and O–H groups in total. The van der Waals surface area contributed by atoms with E-state index in [4.69, 9.17) is 9.47 Å². The smallest absolute Gasteiger partial charge is 0.168 e. The van der Waals surface area contributed by atoms with Gasteiger partial charge in [0.15, 0.2) is 5.01 Å². The van der Waals surface area contributed by atoms with E-state index in [2.05, 4.69) is 42.5 Å². The summed E-state index contributed by atoms with van der Waals surface area (Å²) in [7, 11) is 0. The lowest BCUT2D eigenvalue weighted by Gasteiger charge is -2.06. The SMILES string of the molecule is CCCCCCCCCCCCCCOc1ccc(C#Cc2nc(C)c(C#Cc3ccc(OCCCCCCCCCCCCCC)cc3)s2)cc1. The number of benzene rings is 2. The maximum atomic E-state index is 5.98. The van der Waals surface area contributed by atoms with E-state index in [9.17, 15) is 0 Å². The number of hydrogen-bond acceptors (Lipinski definition) is 4.